The molecule has 0 spiro atoms. The molecule has 0 aliphatic carbocycles. The molecule has 0 amide bonds. The first-order valence-corrected chi connectivity index (χ1v) is 12.5. The Morgan fingerprint density at radius 3 is 1.30 bits per heavy atom. The Morgan fingerprint density at radius 2 is 0.811 bits per heavy atom. The first-order valence-electron chi connectivity index (χ1n) is 12.5. The van der Waals surface area contributed by atoms with Crippen LogP contribution < -0.4 is 0 Å². The van der Waals surface area contributed by atoms with Crippen LogP contribution in [0.1, 0.15) is 0 Å². The Kier molecular flexibility index (Phi) is 3.47. The van der Waals surface area contributed by atoms with E-state index in [-0.39, 0.29) is 0 Å². The van der Waals surface area contributed by atoms with Gasteiger partial charge in [0.15, 0.2) is 0 Å². The molecule has 0 radical (unpaired) electrons. The molecule has 9 rings (SSSR count). The molecule has 0 bridgehead atoms. The second-order valence-corrected chi connectivity index (χ2v) is 9.55. The number of fused-ring (bicyclic) bond motifs is 10. The van der Waals surface area contributed by atoms with Gasteiger partial charge in [0.05, 0.1) is 33.1 Å². The molecular formula is C32H19N5. The van der Waals surface area contributed by atoms with Gasteiger partial charge in [0, 0.05) is 11.1 Å². The maximum atomic E-state index is 5.26. The van der Waals surface area contributed by atoms with Crippen molar-refractivity contribution >= 4 is 50.2 Å². The van der Waals surface area contributed by atoms with Crippen LogP contribution in [-0.4, -0.2) is 23.2 Å². The van der Waals surface area contributed by atoms with Crippen molar-refractivity contribution in [2.75, 3.05) is 0 Å². The van der Waals surface area contributed by atoms with Gasteiger partial charge in [-0.25, -0.2) is 14.4 Å². The van der Waals surface area contributed by atoms with E-state index in [4.69, 9.17) is 9.97 Å². The molecule has 0 saturated heterocycles. The molecule has 4 heterocycles. The zero-order chi connectivity index (χ0) is 24.1. The number of imidazole rings is 4. The van der Waals surface area contributed by atoms with Gasteiger partial charge in [-0.1, -0.05) is 91.0 Å². The summed E-state index contributed by atoms with van der Waals surface area (Å²) in [5.74, 6) is 1.77. The van der Waals surface area contributed by atoms with Crippen LogP contribution in [0.25, 0.3) is 72.4 Å². The summed E-state index contributed by atoms with van der Waals surface area (Å²) < 4.78 is 6.79. The molecule has 4 aromatic heterocycles. The van der Waals surface area contributed by atoms with E-state index in [9.17, 15) is 0 Å². The molecule has 0 saturated carbocycles. The Labute approximate surface area is 210 Å². The highest BCUT2D eigenvalue weighted by Gasteiger charge is 2.24. The summed E-state index contributed by atoms with van der Waals surface area (Å²) >= 11 is 0. The molecule has 0 aliphatic rings. The standard InChI is InChI=1S/C32H19N5/c1-3-10-20(11-4-1)22-14-7-16-24-28(22)33-31-35(24)26-18-9-19-27-30(26)37(31)32-34-29-23(21-12-5-2-6-13-21)15-8-17-25(29)36(27)32/h1-19H. The number of hydrogen-bond acceptors (Lipinski definition) is 2. The molecule has 0 fully saturated rings. The van der Waals surface area contributed by atoms with E-state index in [1.165, 1.54) is 11.1 Å². The average Bonchev–Trinajstić information content (AvgIpc) is 3.68. The van der Waals surface area contributed by atoms with Gasteiger partial charge < -0.3 is 0 Å². The normalized spacial score (nSPS) is 12.3. The van der Waals surface area contributed by atoms with Crippen molar-refractivity contribution in [2.24, 2.45) is 0 Å². The monoisotopic (exact) mass is 473 g/mol. The van der Waals surface area contributed by atoms with Crippen LogP contribution in [0, 0.1) is 0 Å². The van der Waals surface area contributed by atoms with Crippen molar-refractivity contribution in [3.05, 3.63) is 115 Å². The maximum absolute atomic E-state index is 5.26. The number of nitrogens with zero attached hydrogens (tertiary/aromatic N) is 5. The van der Waals surface area contributed by atoms with Crippen LogP contribution in [0.15, 0.2) is 115 Å². The van der Waals surface area contributed by atoms with Gasteiger partial charge >= 0.3 is 0 Å². The highest BCUT2D eigenvalue weighted by Crippen LogP contribution is 2.38. The summed E-state index contributed by atoms with van der Waals surface area (Å²) in [5.41, 5.74) is 12.2. The van der Waals surface area contributed by atoms with Crippen LogP contribution in [0.5, 0.6) is 0 Å². The van der Waals surface area contributed by atoms with E-state index in [0.29, 0.717) is 0 Å². The van der Waals surface area contributed by atoms with Crippen molar-refractivity contribution in [2.45, 2.75) is 0 Å². The minimum atomic E-state index is 0.885. The number of hydrogen-bond donors (Lipinski definition) is 0. The lowest BCUT2D eigenvalue weighted by Crippen LogP contribution is -1.87. The lowest BCUT2D eigenvalue weighted by atomic mass is 10.0. The molecule has 0 unspecified atom stereocenters. The molecule has 0 atom stereocenters. The fraction of sp³-hybridized carbons (Fsp3) is 0. The zero-order valence-electron chi connectivity index (χ0n) is 19.7. The average molecular weight is 474 g/mol. The van der Waals surface area contributed by atoms with Crippen molar-refractivity contribution in [3.63, 3.8) is 0 Å². The third-order valence-electron chi connectivity index (χ3n) is 7.60. The Balaban J connectivity index is 1.46. The van der Waals surface area contributed by atoms with E-state index in [0.717, 1.165) is 61.3 Å². The Morgan fingerprint density at radius 1 is 0.378 bits per heavy atom. The van der Waals surface area contributed by atoms with E-state index >= 15 is 0 Å². The summed E-state index contributed by atoms with van der Waals surface area (Å²) in [5, 5.41) is 0. The van der Waals surface area contributed by atoms with Crippen LogP contribution in [-0.2, 0) is 0 Å². The first kappa shape index (κ1) is 19.1. The van der Waals surface area contributed by atoms with E-state index in [2.05, 4.69) is 116 Å². The van der Waals surface area contributed by atoms with E-state index in [1.54, 1.807) is 0 Å². The summed E-state index contributed by atoms with van der Waals surface area (Å²) in [6.07, 6.45) is 0. The first-order chi connectivity index (χ1) is 18.4. The number of aromatic nitrogens is 5. The second kappa shape index (κ2) is 6.74. The van der Waals surface area contributed by atoms with Crippen molar-refractivity contribution in [3.8, 4) is 22.3 Å². The molecule has 5 heteroatoms. The lowest BCUT2D eigenvalue weighted by molar-refractivity contribution is 1.15. The maximum Gasteiger partial charge on any atom is 0.223 e. The highest BCUT2D eigenvalue weighted by atomic mass is 15.3. The predicted molar refractivity (Wildman–Crippen MR) is 149 cm³/mol. The van der Waals surface area contributed by atoms with Crippen LogP contribution in [0.4, 0.5) is 0 Å². The van der Waals surface area contributed by atoms with Gasteiger partial charge in [-0.2, -0.15) is 0 Å². The third-order valence-corrected chi connectivity index (χ3v) is 7.60. The molecular weight excluding hydrogens is 454 g/mol. The Hall–Kier alpha value is -5.16. The van der Waals surface area contributed by atoms with Gasteiger partial charge in [-0.15, -0.1) is 0 Å². The molecule has 172 valence electrons. The highest BCUT2D eigenvalue weighted by molar-refractivity contribution is 6.06. The minimum Gasteiger partial charge on any atom is -0.276 e. The predicted octanol–water partition coefficient (Wildman–Crippen LogP) is 7.47. The van der Waals surface area contributed by atoms with Crippen LogP contribution >= 0.6 is 0 Å². The molecule has 5 nitrogen and oxygen atoms in total. The largest absolute Gasteiger partial charge is 0.276 e. The molecule has 0 N–H and O–H groups in total. The summed E-state index contributed by atoms with van der Waals surface area (Å²) in [7, 11) is 0. The van der Waals surface area contributed by atoms with E-state index in [1.807, 2.05) is 12.1 Å². The fourth-order valence-electron chi connectivity index (χ4n) is 6.05. The number of benzene rings is 5. The molecule has 0 aliphatic heterocycles. The van der Waals surface area contributed by atoms with Crippen LogP contribution in [0.2, 0.25) is 0 Å². The van der Waals surface area contributed by atoms with Gasteiger partial charge in [-0.3, -0.25) is 8.80 Å². The lowest BCUT2D eigenvalue weighted by Gasteiger charge is -2.03. The van der Waals surface area contributed by atoms with Crippen LogP contribution in [0.3, 0.4) is 0 Å². The Bertz CT molecular complexity index is 2130. The summed E-state index contributed by atoms with van der Waals surface area (Å²) in [6, 6.07) is 40.4. The topological polar surface area (TPSA) is 39.0 Å². The second-order valence-electron chi connectivity index (χ2n) is 9.55. The van der Waals surface area contributed by atoms with Crippen molar-refractivity contribution in [1.29, 1.82) is 0 Å². The number of para-hydroxylation sites is 3. The fourth-order valence-corrected chi connectivity index (χ4v) is 6.05. The van der Waals surface area contributed by atoms with Gasteiger partial charge in [0.25, 0.3) is 0 Å². The smallest absolute Gasteiger partial charge is 0.223 e. The minimum absolute atomic E-state index is 0.885. The molecule has 5 aromatic carbocycles. The van der Waals surface area contributed by atoms with Gasteiger partial charge in [-0.05, 0) is 35.4 Å². The van der Waals surface area contributed by atoms with Crippen molar-refractivity contribution < 1.29 is 0 Å². The van der Waals surface area contributed by atoms with E-state index < -0.39 is 0 Å². The quantitative estimate of drug-likeness (QED) is 0.261. The molecule has 9 aromatic rings. The summed E-state index contributed by atoms with van der Waals surface area (Å²) in [4.78, 5) is 10.5. The van der Waals surface area contributed by atoms with Crippen molar-refractivity contribution in [1.82, 2.24) is 23.2 Å². The summed E-state index contributed by atoms with van der Waals surface area (Å²) in [6.45, 7) is 0. The third kappa shape index (κ3) is 2.33. The van der Waals surface area contributed by atoms with Gasteiger partial charge in [0.1, 0.15) is 5.52 Å². The number of rotatable bonds is 2. The SMILES string of the molecule is c1ccc(-c2cccc3c2nc2n3c3cccc4c3n2c2nc3c(-c5ccccc5)cccc3n42)cc1. The zero-order valence-corrected chi connectivity index (χ0v) is 19.7. The van der Waals surface area contributed by atoms with Gasteiger partial charge in [0.2, 0.25) is 11.6 Å². The molecule has 37 heavy (non-hydrogen) atoms.